The van der Waals surface area contributed by atoms with E-state index in [1.54, 1.807) is 0 Å². The predicted octanol–water partition coefficient (Wildman–Crippen LogP) is 0.804. The predicted molar refractivity (Wildman–Crippen MR) is 44.6 cm³/mol. The van der Waals surface area contributed by atoms with Crippen LogP contribution in [0.15, 0.2) is 0 Å². The third-order valence-electron chi connectivity index (χ3n) is 2.02. The topological polar surface area (TPSA) is 69.7 Å². The molecule has 0 aromatic rings. The minimum absolute atomic E-state index is 0.191. The number of carbonyl (C=O) groups is 1. The summed E-state index contributed by atoms with van der Waals surface area (Å²) in [4.78, 5) is 11.0. The first kappa shape index (κ1) is 13.2. The molecule has 1 rings (SSSR count). The fourth-order valence-corrected chi connectivity index (χ4v) is 1.78. The highest BCUT2D eigenvalue weighted by molar-refractivity contribution is 7.87. The van der Waals surface area contributed by atoms with Crippen molar-refractivity contribution in [1.29, 1.82) is 0 Å². The molecular formula is C7H9F3O5S. The van der Waals surface area contributed by atoms with E-state index in [-0.39, 0.29) is 6.61 Å². The second-order valence-corrected chi connectivity index (χ2v) is 5.54. The summed E-state index contributed by atoms with van der Waals surface area (Å²) < 4.78 is 65.7. The van der Waals surface area contributed by atoms with Gasteiger partial charge in [-0.15, -0.1) is 0 Å². The van der Waals surface area contributed by atoms with Gasteiger partial charge in [0.15, 0.2) is 6.10 Å². The molecule has 0 radical (unpaired) electrons. The first-order chi connectivity index (χ1) is 6.97. The van der Waals surface area contributed by atoms with Crippen molar-refractivity contribution >= 4 is 16.1 Å². The number of hydrogen-bond acceptors (Lipinski definition) is 5. The molecule has 9 heteroatoms. The number of cyclic esters (lactones) is 1. The normalized spacial score (nSPS) is 25.6. The van der Waals surface area contributed by atoms with Crippen molar-refractivity contribution in [2.45, 2.75) is 25.5 Å². The van der Waals surface area contributed by atoms with Crippen molar-refractivity contribution in [2.75, 3.05) is 6.61 Å². The van der Waals surface area contributed by atoms with Crippen molar-refractivity contribution in [2.24, 2.45) is 5.41 Å². The maximum atomic E-state index is 12.0. The summed E-state index contributed by atoms with van der Waals surface area (Å²) in [6.07, 6.45) is -1.76. The fraction of sp³-hybridized carbons (Fsp3) is 0.857. The largest absolute Gasteiger partial charge is 0.523 e. The average molecular weight is 262 g/mol. The summed E-state index contributed by atoms with van der Waals surface area (Å²) in [5, 5.41) is 0. The summed E-state index contributed by atoms with van der Waals surface area (Å²) in [5.41, 5.74) is -6.67. The zero-order valence-electron chi connectivity index (χ0n) is 8.37. The Morgan fingerprint density at radius 2 is 1.94 bits per heavy atom. The van der Waals surface area contributed by atoms with E-state index in [0.717, 1.165) is 0 Å². The van der Waals surface area contributed by atoms with Crippen LogP contribution in [-0.2, 0) is 23.8 Å². The first-order valence-corrected chi connectivity index (χ1v) is 5.54. The molecule has 94 valence electrons. The quantitative estimate of drug-likeness (QED) is 0.418. The maximum absolute atomic E-state index is 12.0. The van der Waals surface area contributed by atoms with Gasteiger partial charge in [0.2, 0.25) is 0 Å². The number of ether oxygens (including phenoxy) is 1. The molecule has 0 N–H and O–H groups in total. The van der Waals surface area contributed by atoms with Crippen LogP contribution in [0, 0.1) is 5.41 Å². The number of carbonyl (C=O) groups excluding carboxylic acids is 1. The molecule has 1 aliphatic heterocycles. The van der Waals surface area contributed by atoms with Gasteiger partial charge in [0.25, 0.3) is 0 Å². The van der Waals surface area contributed by atoms with Gasteiger partial charge in [-0.05, 0) is 0 Å². The zero-order chi connectivity index (χ0) is 12.8. The Balaban J connectivity index is 2.94. The van der Waals surface area contributed by atoms with Crippen LogP contribution in [0.2, 0.25) is 0 Å². The third-order valence-corrected chi connectivity index (χ3v) is 3.03. The molecular weight excluding hydrogens is 253 g/mol. The van der Waals surface area contributed by atoms with Crippen LogP contribution in [0.25, 0.3) is 0 Å². The molecule has 16 heavy (non-hydrogen) atoms. The molecule has 1 atom stereocenters. The Kier molecular flexibility index (Phi) is 2.97. The molecule has 1 fully saturated rings. The van der Waals surface area contributed by atoms with Crippen LogP contribution in [0.3, 0.4) is 0 Å². The van der Waals surface area contributed by atoms with Crippen LogP contribution in [0.5, 0.6) is 0 Å². The molecule has 0 unspecified atom stereocenters. The van der Waals surface area contributed by atoms with E-state index >= 15 is 0 Å². The summed E-state index contributed by atoms with van der Waals surface area (Å²) >= 11 is 0. The van der Waals surface area contributed by atoms with Crippen molar-refractivity contribution in [3.63, 3.8) is 0 Å². The van der Waals surface area contributed by atoms with Gasteiger partial charge >= 0.3 is 21.6 Å². The van der Waals surface area contributed by atoms with Crippen LogP contribution in [0.4, 0.5) is 13.2 Å². The standard InChI is InChI=1S/C7H9F3O5S/c1-6(2)3-14-5(11)4(6)15-16(12,13)7(8,9)10/h4H,3H2,1-2H3/t4-/m0/s1. The number of alkyl halides is 3. The van der Waals surface area contributed by atoms with Gasteiger partial charge in [0.1, 0.15) is 0 Å². The molecule has 0 saturated carbocycles. The fourth-order valence-electron chi connectivity index (χ4n) is 1.08. The molecule has 0 aliphatic carbocycles. The van der Waals surface area contributed by atoms with E-state index in [2.05, 4.69) is 8.92 Å². The van der Waals surface area contributed by atoms with Crippen molar-refractivity contribution in [3.05, 3.63) is 0 Å². The van der Waals surface area contributed by atoms with Gasteiger partial charge in [-0.3, -0.25) is 0 Å². The lowest BCUT2D eigenvalue weighted by Crippen LogP contribution is -2.39. The Hall–Kier alpha value is -0.830. The number of halogens is 3. The Bertz CT molecular complexity index is 397. The lowest BCUT2D eigenvalue weighted by Gasteiger charge is -2.21. The maximum Gasteiger partial charge on any atom is 0.523 e. The molecule has 0 aromatic heterocycles. The van der Waals surface area contributed by atoms with Crippen LogP contribution in [0.1, 0.15) is 13.8 Å². The SMILES string of the molecule is CC1(C)COC(=O)[C@@H]1OS(=O)(=O)C(F)(F)F. The second kappa shape index (κ2) is 3.59. The van der Waals surface area contributed by atoms with E-state index in [4.69, 9.17) is 0 Å². The Labute approximate surface area is 89.6 Å². The van der Waals surface area contributed by atoms with E-state index < -0.39 is 33.1 Å². The van der Waals surface area contributed by atoms with E-state index in [1.165, 1.54) is 13.8 Å². The van der Waals surface area contributed by atoms with Crippen molar-refractivity contribution < 1.29 is 35.3 Å². The van der Waals surface area contributed by atoms with E-state index in [0.29, 0.717) is 0 Å². The second-order valence-electron chi connectivity index (χ2n) is 3.97. The van der Waals surface area contributed by atoms with Gasteiger partial charge in [0.05, 0.1) is 6.61 Å². The summed E-state index contributed by atoms with van der Waals surface area (Å²) in [6.45, 7) is 2.55. The van der Waals surface area contributed by atoms with Crippen molar-refractivity contribution in [1.82, 2.24) is 0 Å². The number of hydrogen-bond donors (Lipinski definition) is 0. The first-order valence-electron chi connectivity index (χ1n) is 4.13. The third kappa shape index (κ3) is 2.29. The molecule has 1 heterocycles. The Morgan fingerprint density at radius 1 is 1.44 bits per heavy atom. The molecule has 5 nitrogen and oxygen atoms in total. The number of esters is 1. The van der Waals surface area contributed by atoms with Gasteiger partial charge in [0, 0.05) is 5.41 Å². The highest BCUT2D eigenvalue weighted by Gasteiger charge is 2.54. The monoisotopic (exact) mass is 262 g/mol. The summed E-state index contributed by atoms with van der Waals surface area (Å²) in [5.74, 6) is -1.11. The van der Waals surface area contributed by atoms with Gasteiger partial charge in [-0.25, -0.2) is 8.98 Å². The van der Waals surface area contributed by atoms with E-state index in [9.17, 15) is 26.4 Å². The number of rotatable bonds is 2. The van der Waals surface area contributed by atoms with Gasteiger partial charge < -0.3 is 4.74 Å². The Morgan fingerprint density at radius 3 is 2.25 bits per heavy atom. The van der Waals surface area contributed by atoms with Crippen molar-refractivity contribution in [3.8, 4) is 0 Å². The zero-order valence-corrected chi connectivity index (χ0v) is 9.18. The molecule has 1 aliphatic rings. The minimum atomic E-state index is -5.79. The lowest BCUT2D eigenvalue weighted by molar-refractivity contribution is -0.144. The highest BCUT2D eigenvalue weighted by Crippen LogP contribution is 2.35. The van der Waals surface area contributed by atoms with Crippen LogP contribution >= 0.6 is 0 Å². The van der Waals surface area contributed by atoms with Gasteiger partial charge in [-0.2, -0.15) is 21.6 Å². The summed E-state index contributed by atoms with van der Waals surface area (Å²) in [6, 6.07) is 0. The highest BCUT2D eigenvalue weighted by atomic mass is 32.2. The minimum Gasteiger partial charge on any atom is -0.463 e. The van der Waals surface area contributed by atoms with Crippen LogP contribution < -0.4 is 0 Å². The molecule has 1 saturated heterocycles. The average Bonchev–Trinajstić information content (AvgIpc) is 2.29. The lowest BCUT2D eigenvalue weighted by atomic mass is 9.90. The molecule has 0 bridgehead atoms. The smallest absolute Gasteiger partial charge is 0.463 e. The summed E-state index contributed by atoms with van der Waals surface area (Å²) in [7, 11) is -5.79. The molecule has 0 amide bonds. The van der Waals surface area contributed by atoms with Crippen LogP contribution in [-0.4, -0.2) is 32.6 Å². The van der Waals surface area contributed by atoms with Gasteiger partial charge in [-0.1, -0.05) is 13.8 Å². The molecule has 0 spiro atoms. The van der Waals surface area contributed by atoms with E-state index in [1.807, 2.05) is 0 Å². The molecule has 0 aromatic carbocycles.